The van der Waals surface area contributed by atoms with Crippen molar-refractivity contribution in [3.8, 4) is 23.0 Å². The molecule has 0 bridgehead atoms. The van der Waals surface area contributed by atoms with Gasteiger partial charge in [0, 0.05) is 6.07 Å². The Labute approximate surface area is 286 Å². The van der Waals surface area contributed by atoms with Crippen molar-refractivity contribution in [3.63, 3.8) is 0 Å². The number of fused-ring (bicyclic) bond motifs is 1. The molecule has 4 aromatic carbocycles. The number of alkyl halides is 3. The third kappa shape index (κ3) is 7.81. The number of rotatable bonds is 10. The van der Waals surface area contributed by atoms with E-state index in [1.54, 1.807) is 21.3 Å². The number of para-hydroxylation sites is 1. The summed E-state index contributed by atoms with van der Waals surface area (Å²) in [5, 5.41) is 2.03. The molecular weight excluding hydrogens is 639 g/mol. The van der Waals surface area contributed by atoms with Crippen LogP contribution in [-0.4, -0.2) is 21.3 Å². The van der Waals surface area contributed by atoms with Crippen molar-refractivity contribution in [1.82, 2.24) is 0 Å². The maximum Gasteiger partial charge on any atom is 0.416 e. The highest BCUT2D eigenvalue weighted by Crippen LogP contribution is 2.38. The van der Waals surface area contributed by atoms with Crippen molar-refractivity contribution in [2.45, 2.75) is 58.4 Å². The van der Waals surface area contributed by atoms with Gasteiger partial charge >= 0.3 is 6.18 Å². The van der Waals surface area contributed by atoms with Gasteiger partial charge in [0.2, 0.25) is 0 Å². The van der Waals surface area contributed by atoms with Gasteiger partial charge < -0.3 is 31.4 Å². The van der Waals surface area contributed by atoms with Gasteiger partial charge in [0.05, 0.1) is 43.8 Å². The standard InChI is InChI=1S/C39H41F3NO4.ClH/c1-25(27-13-17-30(18-14-27)38(2,3)4)36-32-22-35(46-7)34(45-6)21-28(32)19-20-43(36)23-29-9-8-10-33(44-5)37(29)47-24-26-11-15-31(16-12-26)39(40,41)42;/h8-22,25H,23-24H2,1-7H3;1H/q+1;/p-1. The van der Waals surface area contributed by atoms with Crippen LogP contribution in [0, 0.1) is 0 Å². The van der Waals surface area contributed by atoms with Gasteiger partial charge in [0.1, 0.15) is 6.61 Å². The van der Waals surface area contributed by atoms with Gasteiger partial charge in [-0.3, -0.25) is 0 Å². The predicted octanol–water partition coefficient (Wildman–Crippen LogP) is 6.25. The van der Waals surface area contributed by atoms with Crippen molar-refractivity contribution in [2.24, 2.45) is 0 Å². The second-order valence-corrected chi connectivity index (χ2v) is 12.6. The van der Waals surface area contributed by atoms with Gasteiger partial charge in [0.25, 0.3) is 0 Å². The minimum Gasteiger partial charge on any atom is -1.00 e. The maximum atomic E-state index is 13.1. The minimum absolute atomic E-state index is 0. The Morgan fingerprint density at radius 1 is 0.729 bits per heavy atom. The first kappa shape index (κ1) is 36.4. The third-order valence-corrected chi connectivity index (χ3v) is 8.55. The molecule has 0 saturated heterocycles. The molecule has 1 aromatic heterocycles. The second-order valence-electron chi connectivity index (χ2n) is 12.6. The van der Waals surface area contributed by atoms with Gasteiger partial charge in [-0.15, -0.1) is 0 Å². The summed E-state index contributed by atoms with van der Waals surface area (Å²) >= 11 is 0. The van der Waals surface area contributed by atoms with Crippen LogP contribution in [0.1, 0.15) is 67.1 Å². The fraction of sp³-hybridized carbons (Fsp3) is 0.308. The van der Waals surface area contributed by atoms with E-state index in [9.17, 15) is 13.2 Å². The van der Waals surface area contributed by atoms with E-state index in [0.717, 1.165) is 34.2 Å². The van der Waals surface area contributed by atoms with Crippen LogP contribution in [-0.2, 0) is 24.7 Å². The van der Waals surface area contributed by atoms with E-state index < -0.39 is 11.7 Å². The average Bonchev–Trinajstić information content (AvgIpc) is 3.06. The number of aromatic nitrogens is 1. The minimum atomic E-state index is -4.40. The molecule has 0 saturated carbocycles. The fourth-order valence-electron chi connectivity index (χ4n) is 5.85. The Balaban J connectivity index is 0.00000520. The summed E-state index contributed by atoms with van der Waals surface area (Å²) in [5.74, 6) is 2.35. The number of halogens is 4. The molecule has 5 aromatic rings. The molecule has 0 N–H and O–H groups in total. The van der Waals surface area contributed by atoms with E-state index in [2.05, 4.69) is 68.8 Å². The van der Waals surface area contributed by atoms with Crippen LogP contribution < -0.4 is 35.9 Å². The lowest BCUT2D eigenvalue weighted by molar-refractivity contribution is -0.695. The fourth-order valence-corrected chi connectivity index (χ4v) is 5.85. The van der Waals surface area contributed by atoms with E-state index in [-0.39, 0.29) is 30.3 Å². The second kappa shape index (κ2) is 14.8. The monoisotopic (exact) mass is 679 g/mol. The SMILES string of the molecule is COc1cc2cc[n+](Cc3cccc(OC)c3OCc3ccc(C(F)(F)F)cc3)c(C(C)c3ccc(C(C)(C)C)cc3)c2cc1OC.[Cl-]. The number of hydrogen-bond donors (Lipinski definition) is 0. The Morgan fingerprint density at radius 2 is 1.33 bits per heavy atom. The van der Waals surface area contributed by atoms with E-state index in [1.165, 1.54) is 23.3 Å². The highest BCUT2D eigenvalue weighted by atomic mass is 35.5. The molecule has 1 atom stereocenters. The molecule has 0 amide bonds. The molecule has 1 heterocycles. The summed E-state index contributed by atoms with van der Waals surface area (Å²) in [7, 11) is 4.83. The molecule has 5 rings (SSSR count). The highest BCUT2D eigenvalue weighted by Gasteiger charge is 2.30. The maximum absolute atomic E-state index is 13.1. The van der Waals surface area contributed by atoms with E-state index in [0.29, 0.717) is 35.1 Å². The molecule has 254 valence electrons. The zero-order valence-electron chi connectivity index (χ0n) is 28.2. The van der Waals surface area contributed by atoms with Crippen LogP contribution in [0.2, 0.25) is 0 Å². The van der Waals surface area contributed by atoms with E-state index in [1.807, 2.05) is 30.3 Å². The molecule has 5 nitrogen and oxygen atoms in total. The summed E-state index contributed by atoms with van der Waals surface area (Å²) in [6, 6.07) is 25.5. The van der Waals surface area contributed by atoms with Crippen molar-refractivity contribution in [1.29, 1.82) is 0 Å². The predicted molar refractivity (Wildman–Crippen MR) is 178 cm³/mol. The summed E-state index contributed by atoms with van der Waals surface area (Å²) in [6.45, 7) is 9.33. The third-order valence-electron chi connectivity index (χ3n) is 8.55. The van der Waals surface area contributed by atoms with E-state index >= 15 is 0 Å². The molecule has 0 aliphatic heterocycles. The first-order valence-electron chi connectivity index (χ1n) is 15.5. The van der Waals surface area contributed by atoms with Gasteiger partial charge in [0.15, 0.2) is 41.4 Å². The Morgan fingerprint density at radius 3 is 1.92 bits per heavy atom. The van der Waals surface area contributed by atoms with E-state index in [4.69, 9.17) is 18.9 Å². The average molecular weight is 680 g/mol. The molecule has 9 heteroatoms. The summed E-state index contributed by atoms with van der Waals surface area (Å²) < 4.78 is 64.8. The van der Waals surface area contributed by atoms with Gasteiger partial charge in [-0.25, -0.2) is 0 Å². The number of methoxy groups -OCH3 is 3. The number of nitrogens with zero attached hydrogens (tertiary/aromatic N) is 1. The Hall–Kier alpha value is -4.43. The number of ether oxygens (including phenoxy) is 4. The Kier molecular flexibility index (Phi) is 11.2. The molecule has 0 fully saturated rings. The number of hydrogen-bond acceptors (Lipinski definition) is 4. The smallest absolute Gasteiger partial charge is 0.416 e. The Bertz CT molecular complexity index is 1850. The quantitative estimate of drug-likeness (QED) is 0.164. The number of benzene rings is 4. The van der Waals surface area contributed by atoms with Crippen LogP contribution in [0.15, 0.2) is 91.1 Å². The summed E-state index contributed by atoms with van der Waals surface area (Å²) in [4.78, 5) is 0. The first-order valence-corrected chi connectivity index (χ1v) is 15.5. The zero-order valence-corrected chi connectivity index (χ0v) is 29.0. The molecular formula is C39H41ClF3NO4. The molecule has 0 radical (unpaired) electrons. The largest absolute Gasteiger partial charge is 1.00 e. The van der Waals surface area contributed by atoms with Crippen LogP contribution in [0.3, 0.4) is 0 Å². The zero-order chi connectivity index (χ0) is 33.9. The molecule has 0 spiro atoms. The lowest BCUT2D eigenvalue weighted by Crippen LogP contribution is -3.00. The van der Waals surface area contributed by atoms with Crippen LogP contribution in [0.5, 0.6) is 23.0 Å². The van der Waals surface area contributed by atoms with Gasteiger partial charge in [-0.2, -0.15) is 17.7 Å². The molecule has 0 aliphatic rings. The molecule has 48 heavy (non-hydrogen) atoms. The van der Waals surface area contributed by atoms with Crippen molar-refractivity contribution in [2.75, 3.05) is 21.3 Å². The van der Waals surface area contributed by atoms with Gasteiger partial charge in [-0.1, -0.05) is 63.2 Å². The van der Waals surface area contributed by atoms with Gasteiger partial charge in [-0.05, 0) is 70.8 Å². The number of pyridine rings is 1. The van der Waals surface area contributed by atoms with Crippen molar-refractivity contribution < 1.29 is 49.1 Å². The van der Waals surface area contributed by atoms with Crippen LogP contribution in [0.25, 0.3) is 10.8 Å². The summed E-state index contributed by atoms with van der Waals surface area (Å²) in [6.07, 6.45) is -2.34. The first-order chi connectivity index (χ1) is 22.3. The normalized spacial score (nSPS) is 12.3. The lowest BCUT2D eigenvalue weighted by atomic mass is 9.85. The van der Waals surface area contributed by atoms with Crippen LogP contribution >= 0.6 is 0 Å². The lowest BCUT2D eigenvalue weighted by Gasteiger charge is -2.21. The topological polar surface area (TPSA) is 40.8 Å². The molecule has 0 aliphatic carbocycles. The van der Waals surface area contributed by atoms with Crippen molar-refractivity contribution in [3.05, 3.63) is 125 Å². The van der Waals surface area contributed by atoms with Crippen molar-refractivity contribution >= 4 is 10.8 Å². The highest BCUT2D eigenvalue weighted by molar-refractivity contribution is 5.87. The van der Waals surface area contributed by atoms with Crippen LogP contribution in [0.4, 0.5) is 13.2 Å². The summed E-state index contributed by atoms with van der Waals surface area (Å²) in [5.41, 5.74) is 4.31. The molecule has 1 unspecified atom stereocenters.